The summed E-state index contributed by atoms with van der Waals surface area (Å²) in [6.07, 6.45) is 1.42. The fraction of sp³-hybridized carbons (Fsp3) is 0.447. The van der Waals surface area contributed by atoms with E-state index in [4.69, 9.17) is 4.74 Å². The average molecular weight is 643 g/mol. The highest BCUT2D eigenvalue weighted by atomic mass is 16.5. The van der Waals surface area contributed by atoms with E-state index in [9.17, 15) is 19.5 Å². The van der Waals surface area contributed by atoms with Crippen molar-refractivity contribution in [1.29, 1.82) is 0 Å². The molecule has 1 aliphatic heterocycles. The fourth-order valence-corrected chi connectivity index (χ4v) is 6.58. The maximum Gasteiger partial charge on any atom is 0.249 e. The molecule has 9 nitrogen and oxygen atoms in total. The van der Waals surface area contributed by atoms with Gasteiger partial charge in [0.25, 0.3) is 0 Å². The summed E-state index contributed by atoms with van der Waals surface area (Å²) in [6.45, 7) is 6.59. The maximum atomic E-state index is 14.3. The van der Waals surface area contributed by atoms with E-state index in [0.717, 1.165) is 22.4 Å². The number of carbonyl (C=O) groups excluding carboxylic acids is 3. The van der Waals surface area contributed by atoms with Crippen LogP contribution < -0.4 is 20.7 Å². The molecule has 3 amide bonds. The Hall–Kier alpha value is -4.21. The van der Waals surface area contributed by atoms with Crippen LogP contribution in [0.15, 0.2) is 84.9 Å². The molecule has 252 valence electrons. The molecule has 4 rings (SSSR count). The van der Waals surface area contributed by atoms with Gasteiger partial charge in [0.15, 0.2) is 0 Å². The monoisotopic (exact) mass is 642 g/mol. The first-order valence-corrected chi connectivity index (χ1v) is 16.6. The number of hydrogen-bond donors (Lipinski definition) is 4. The van der Waals surface area contributed by atoms with Crippen molar-refractivity contribution in [1.82, 2.24) is 20.9 Å². The number of aliphatic hydroxyl groups excluding tert-OH is 1. The first-order valence-electron chi connectivity index (χ1n) is 16.6. The first kappa shape index (κ1) is 35.6. The van der Waals surface area contributed by atoms with Crippen LogP contribution in [0.25, 0.3) is 0 Å². The Morgan fingerprint density at radius 1 is 0.957 bits per heavy atom. The lowest BCUT2D eigenvalue weighted by molar-refractivity contribution is -0.143. The SMILES string of the molecule is COc1cccc(CNC[C@H](O)[C@H](Cc2ccccc2)NC(=O)[C@H](CCc2ccccc2)N2CC[C@](CC(C)C)(NC(C)=O)C2=O)c1. The summed E-state index contributed by atoms with van der Waals surface area (Å²) in [5, 5.41) is 20.9. The molecule has 1 fully saturated rings. The minimum atomic E-state index is -1.04. The maximum absolute atomic E-state index is 14.3. The van der Waals surface area contributed by atoms with Gasteiger partial charge in [-0.2, -0.15) is 0 Å². The number of carbonyl (C=O) groups is 3. The van der Waals surface area contributed by atoms with Crippen LogP contribution in [0, 0.1) is 5.92 Å². The van der Waals surface area contributed by atoms with E-state index in [1.807, 2.05) is 98.8 Å². The summed E-state index contributed by atoms with van der Waals surface area (Å²) in [5.41, 5.74) is 2.01. The normalized spacial score (nSPS) is 18.1. The largest absolute Gasteiger partial charge is 0.497 e. The quantitative estimate of drug-likeness (QED) is 0.177. The molecular weight excluding hydrogens is 592 g/mol. The average Bonchev–Trinajstić information content (AvgIpc) is 3.35. The zero-order valence-electron chi connectivity index (χ0n) is 28.1. The van der Waals surface area contributed by atoms with Crippen LogP contribution in [0.2, 0.25) is 0 Å². The Bertz CT molecular complexity index is 1450. The van der Waals surface area contributed by atoms with E-state index in [-0.39, 0.29) is 30.2 Å². The Kier molecular flexibility index (Phi) is 13.0. The number of likely N-dealkylation sites (tertiary alicyclic amines) is 1. The van der Waals surface area contributed by atoms with Gasteiger partial charge in [0.1, 0.15) is 17.3 Å². The second-order valence-electron chi connectivity index (χ2n) is 13.0. The molecule has 47 heavy (non-hydrogen) atoms. The van der Waals surface area contributed by atoms with E-state index < -0.39 is 23.7 Å². The Morgan fingerprint density at radius 2 is 1.62 bits per heavy atom. The number of amides is 3. The molecule has 9 heteroatoms. The second-order valence-corrected chi connectivity index (χ2v) is 13.0. The summed E-state index contributed by atoms with van der Waals surface area (Å²) in [7, 11) is 1.63. The number of nitrogens with one attached hydrogen (secondary N) is 3. The molecule has 1 saturated heterocycles. The lowest BCUT2D eigenvalue weighted by Gasteiger charge is -2.34. The summed E-state index contributed by atoms with van der Waals surface area (Å²) in [5.74, 6) is 0.115. The molecule has 0 bridgehead atoms. The zero-order chi connectivity index (χ0) is 33.8. The van der Waals surface area contributed by atoms with Crippen LogP contribution in [0.3, 0.4) is 0 Å². The van der Waals surface area contributed by atoms with Gasteiger partial charge in [0.2, 0.25) is 17.7 Å². The minimum absolute atomic E-state index is 0.164. The Morgan fingerprint density at radius 3 is 2.26 bits per heavy atom. The molecule has 0 spiro atoms. The van der Waals surface area contributed by atoms with Gasteiger partial charge < -0.3 is 30.7 Å². The van der Waals surface area contributed by atoms with E-state index in [2.05, 4.69) is 16.0 Å². The number of ether oxygens (including phenoxy) is 1. The number of hydrogen-bond acceptors (Lipinski definition) is 6. The number of aliphatic hydroxyl groups is 1. The van der Waals surface area contributed by atoms with Crippen molar-refractivity contribution in [2.24, 2.45) is 5.92 Å². The van der Waals surface area contributed by atoms with Gasteiger partial charge in [-0.15, -0.1) is 0 Å². The molecule has 0 saturated carbocycles. The molecule has 3 aromatic carbocycles. The number of nitrogens with zero attached hydrogens (tertiary/aromatic N) is 1. The lowest BCUT2D eigenvalue weighted by Crippen LogP contribution is -2.59. The van der Waals surface area contributed by atoms with Gasteiger partial charge in [-0.3, -0.25) is 14.4 Å². The van der Waals surface area contributed by atoms with Crippen LogP contribution in [-0.4, -0.2) is 71.7 Å². The lowest BCUT2D eigenvalue weighted by atomic mass is 9.87. The van der Waals surface area contributed by atoms with E-state index in [1.165, 1.54) is 6.92 Å². The Balaban J connectivity index is 1.55. The van der Waals surface area contributed by atoms with Crippen molar-refractivity contribution in [2.75, 3.05) is 20.2 Å². The van der Waals surface area contributed by atoms with Crippen molar-refractivity contribution < 1.29 is 24.2 Å². The number of benzene rings is 3. The molecule has 1 aliphatic rings. The molecule has 0 unspecified atom stereocenters. The molecule has 1 heterocycles. The van der Waals surface area contributed by atoms with Crippen LogP contribution in [0.1, 0.15) is 56.7 Å². The molecule has 4 atom stereocenters. The number of aryl methyl sites for hydroxylation is 1. The van der Waals surface area contributed by atoms with Crippen molar-refractivity contribution in [3.05, 3.63) is 102 Å². The van der Waals surface area contributed by atoms with E-state index in [1.54, 1.807) is 12.0 Å². The van der Waals surface area contributed by atoms with Crippen molar-refractivity contribution >= 4 is 17.7 Å². The molecule has 4 N–H and O–H groups in total. The predicted octanol–water partition coefficient (Wildman–Crippen LogP) is 4.03. The first-order chi connectivity index (χ1) is 22.6. The van der Waals surface area contributed by atoms with Gasteiger partial charge >= 0.3 is 0 Å². The topological polar surface area (TPSA) is 120 Å². The van der Waals surface area contributed by atoms with Gasteiger partial charge in [0, 0.05) is 26.6 Å². The van der Waals surface area contributed by atoms with Crippen LogP contribution in [0.4, 0.5) is 0 Å². The zero-order valence-corrected chi connectivity index (χ0v) is 28.1. The fourth-order valence-electron chi connectivity index (χ4n) is 6.58. The van der Waals surface area contributed by atoms with Crippen LogP contribution in [-0.2, 0) is 33.8 Å². The molecule has 0 aromatic heterocycles. The standard InChI is InChI=1S/C38H50N4O5/c1-27(2)24-38(41-28(3)43)20-21-42(37(38)46)34(19-18-29-12-7-5-8-13-29)36(45)40-33(23-30-14-9-6-10-15-30)35(44)26-39-25-31-16-11-17-32(22-31)47-4/h5-17,22,27,33-35,39,44H,18-21,23-26H2,1-4H3,(H,40,45)(H,41,43)/t33-,34-,35-,38+/m0/s1. The van der Waals surface area contributed by atoms with Gasteiger partial charge in [-0.1, -0.05) is 86.6 Å². The van der Waals surface area contributed by atoms with Crippen molar-refractivity contribution in [3.63, 3.8) is 0 Å². The predicted molar refractivity (Wildman–Crippen MR) is 184 cm³/mol. The minimum Gasteiger partial charge on any atom is -0.497 e. The summed E-state index contributed by atoms with van der Waals surface area (Å²) < 4.78 is 5.33. The van der Waals surface area contributed by atoms with Crippen LogP contribution >= 0.6 is 0 Å². The van der Waals surface area contributed by atoms with Crippen molar-refractivity contribution in [2.45, 2.75) is 83.1 Å². The molecular formula is C38H50N4O5. The summed E-state index contributed by atoms with van der Waals surface area (Å²) in [4.78, 5) is 42.3. The second kappa shape index (κ2) is 17.1. The van der Waals surface area contributed by atoms with Gasteiger partial charge in [-0.25, -0.2) is 0 Å². The summed E-state index contributed by atoms with van der Waals surface area (Å²) in [6, 6.07) is 26.0. The molecule has 3 aromatic rings. The molecule has 0 radical (unpaired) electrons. The van der Waals surface area contributed by atoms with Gasteiger partial charge in [0.05, 0.1) is 19.3 Å². The third-order valence-corrected chi connectivity index (χ3v) is 8.76. The highest BCUT2D eigenvalue weighted by Crippen LogP contribution is 2.32. The van der Waals surface area contributed by atoms with E-state index in [0.29, 0.717) is 45.2 Å². The van der Waals surface area contributed by atoms with Crippen LogP contribution in [0.5, 0.6) is 5.75 Å². The number of rotatable bonds is 17. The highest BCUT2D eigenvalue weighted by Gasteiger charge is 2.50. The smallest absolute Gasteiger partial charge is 0.249 e. The third kappa shape index (κ3) is 10.1. The molecule has 0 aliphatic carbocycles. The Labute approximate surface area is 279 Å². The van der Waals surface area contributed by atoms with Crippen molar-refractivity contribution in [3.8, 4) is 5.75 Å². The van der Waals surface area contributed by atoms with Gasteiger partial charge in [-0.05, 0) is 66.8 Å². The third-order valence-electron chi connectivity index (χ3n) is 8.76. The highest BCUT2D eigenvalue weighted by molar-refractivity contribution is 5.96. The summed E-state index contributed by atoms with van der Waals surface area (Å²) >= 11 is 0. The van der Waals surface area contributed by atoms with E-state index >= 15 is 0 Å². The number of methoxy groups -OCH3 is 1.